The van der Waals surface area contributed by atoms with Crippen LogP contribution in [0, 0.1) is 0 Å². The van der Waals surface area contributed by atoms with Gasteiger partial charge in [0, 0.05) is 0 Å². The third kappa shape index (κ3) is 6.67. The van der Waals surface area contributed by atoms with Gasteiger partial charge < -0.3 is 0 Å². The third-order valence-electron chi connectivity index (χ3n) is 3.31. The Morgan fingerprint density at radius 2 is 1.24 bits per heavy atom. The van der Waals surface area contributed by atoms with E-state index in [9.17, 15) is 0 Å². The summed E-state index contributed by atoms with van der Waals surface area (Å²) in [7, 11) is 0. The van der Waals surface area contributed by atoms with Crippen molar-refractivity contribution in [3.63, 3.8) is 0 Å². The lowest BCUT2D eigenvalue weighted by Crippen LogP contribution is -2.02. The second-order valence-electron chi connectivity index (χ2n) is 5.14. The topological polar surface area (TPSA) is 0 Å². The summed E-state index contributed by atoms with van der Waals surface area (Å²) in [5.41, 5.74) is 0. The molecule has 0 unspecified atom stereocenters. The van der Waals surface area contributed by atoms with Crippen LogP contribution in [0.15, 0.2) is 70.5 Å². The first kappa shape index (κ1) is 16.6. The molecule has 2 aromatic rings. The Kier molecular flexibility index (Phi) is 7.91. The summed E-state index contributed by atoms with van der Waals surface area (Å²) in [6.45, 7) is 2.27. The van der Waals surface area contributed by atoms with Gasteiger partial charge in [-0.2, -0.15) is 23.2 Å². The SMILES string of the molecule is CCCCCCB(Sc1ccccc1)Sc1ccccc1. The Balaban J connectivity index is 1.93. The van der Waals surface area contributed by atoms with Crippen molar-refractivity contribution in [1.29, 1.82) is 0 Å². The van der Waals surface area contributed by atoms with Crippen LogP contribution < -0.4 is 0 Å². The zero-order chi connectivity index (χ0) is 14.8. The summed E-state index contributed by atoms with van der Waals surface area (Å²) in [6, 6.07) is 21.6. The monoisotopic (exact) mass is 314 g/mol. The molecule has 0 saturated carbocycles. The van der Waals surface area contributed by atoms with Crippen LogP contribution in [0.5, 0.6) is 0 Å². The highest BCUT2D eigenvalue weighted by Gasteiger charge is 2.17. The zero-order valence-electron chi connectivity index (χ0n) is 12.7. The van der Waals surface area contributed by atoms with Crippen LogP contribution in [0.4, 0.5) is 0 Å². The number of hydrogen-bond donors (Lipinski definition) is 0. The van der Waals surface area contributed by atoms with Crippen LogP contribution in [-0.2, 0) is 0 Å². The Morgan fingerprint density at radius 1 is 0.714 bits per heavy atom. The van der Waals surface area contributed by atoms with E-state index in [1.54, 1.807) is 0 Å². The van der Waals surface area contributed by atoms with Crippen molar-refractivity contribution in [3.05, 3.63) is 60.7 Å². The number of unbranched alkanes of at least 4 members (excludes halogenated alkanes) is 3. The van der Waals surface area contributed by atoms with Gasteiger partial charge in [0.15, 0.2) is 0 Å². The van der Waals surface area contributed by atoms with Crippen LogP contribution in [0.3, 0.4) is 0 Å². The van der Waals surface area contributed by atoms with Crippen molar-refractivity contribution < 1.29 is 0 Å². The van der Waals surface area contributed by atoms with Crippen molar-refractivity contribution >= 4 is 28.5 Å². The molecule has 2 rings (SSSR count). The zero-order valence-corrected chi connectivity index (χ0v) is 14.3. The van der Waals surface area contributed by atoms with Crippen LogP contribution in [0.1, 0.15) is 32.6 Å². The maximum Gasteiger partial charge on any atom is 0.285 e. The van der Waals surface area contributed by atoms with Crippen LogP contribution in [-0.4, -0.2) is 5.27 Å². The molecule has 0 radical (unpaired) electrons. The van der Waals surface area contributed by atoms with Crippen molar-refractivity contribution in [2.75, 3.05) is 0 Å². The molecule has 0 heterocycles. The molecule has 0 aromatic heterocycles. The summed E-state index contributed by atoms with van der Waals surface area (Å²) >= 11 is 4.01. The van der Waals surface area contributed by atoms with Crippen LogP contribution >= 0.6 is 23.2 Å². The highest BCUT2D eigenvalue weighted by Crippen LogP contribution is 2.35. The van der Waals surface area contributed by atoms with Crippen molar-refractivity contribution in [3.8, 4) is 0 Å². The van der Waals surface area contributed by atoms with Gasteiger partial charge in [-0.05, 0) is 34.1 Å². The van der Waals surface area contributed by atoms with E-state index in [1.165, 1.54) is 41.8 Å². The standard InChI is InChI=1S/C18H23BS2/c1-2-3-4-11-16-19(20-17-12-7-5-8-13-17)21-18-14-9-6-10-15-18/h5-10,12-15H,2-4,11,16H2,1H3. The molecular formula is C18H23BS2. The fraction of sp³-hybridized carbons (Fsp3) is 0.333. The Morgan fingerprint density at radius 3 is 1.71 bits per heavy atom. The summed E-state index contributed by atoms with van der Waals surface area (Å²) in [4.78, 5) is 2.75. The lowest BCUT2D eigenvalue weighted by Gasteiger charge is -2.13. The van der Waals surface area contributed by atoms with Gasteiger partial charge in [-0.3, -0.25) is 0 Å². The molecule has 0 bridgehead atoms. The lowest BCUT2D eigenvalue weighted by atomic mass is 9.95. The third-order valence-corrected chi connectivity index (χ3v) is 5.98. The van der Waals surface area contributed by atoms with Gasteiger partial charge in [-0.1, -0.05) is 75.3 Å². The van der Waals surface area contributed by atoms with Gasteiger partial charge in [0.2, 0.25) is 0 Å². The average molecular weight is 314 g/mol. The highest BCUT2D eigenvalue weighted by atomic mass is 32.2. The maximum atomic E-state index is 2.27. The molecule has 0 spiro atoms. The molecule has 3 heteroatoms. The number of hydrogen-bond acceptors (Lipinski definition) is 2. The average Bonchev–Trinajstić information content (AvgIpc) is 2.53. The second kappa shape index (κ2) is 10.0. The lowest BCUT2D eigenvalue weighted by molar-refractivity contribution is 0.701. The summed E-state index contributed by atoms with van der Waals surface area (Å²) in [5, 5.41) is 0.603. The van der Waals surface area contributed by atoms with Crippen LogP contribution in [0.2, 0.25) is 6.32 Å². The van der Waals surface area contributed by atoms with Gasteiger partial charge in [-0.25, -0.2) is 0 Å². The molecule has 0 saturated heterocycles. The van der Waals surface area contributed by atoms with E-state index >= 15 is 0 Å². The van der Waals surface area contributed by atoms with Crippen LogP contribution in [0.25, 0.3) is 0 Å². The number of benzene rings is 2. The maximum absolute atomic E-state index is 2.27. The van der Waals surface area contributed by atoms with Gasteiger partial charge in [-0.15, -0.1) is 0 Å². The molecule has 0 amide bonds. The molecule has 0 atom stereocenters. The first-order chi connectivity index (χ1) is 10.4. The van der Waals surface area contributed by atoms with E-state index in [0.29, 0.717) is 5.27 Å². The second-order valence-corrected chi connectivity index (χ2v) is 7.99. The van der Waals surface area contributed by atoms with E-state index < -0.39 is 0 Å². The number of rotatable bonds is 9. The minimum absolute atomic E-state index is 0.603. The van der Waals surface area contributed by atoms with Gasteiger partial charge in [0.05, 0.1) is 0 Å². The van der Waals surface area contributed by atoms with E-state index in [4.69, 9.17) is 0 Å². The molecule has 0 N–H and O–H groups in total. The first-order valence-corrected chi connectivity index (χ1v) is 9.58. The normalized spacial score (nSPS) is 10.5. The smallest absolute Gasteiger partial charge is 0.160 e. The first-order valence-electron chi connectivity index (χ1n) is 7.82. The van der Waals surface area contributed by atoms with Crippen molar-refractivity contribution in [2.45, 2.75) is 48.7 Å². The van der Waals surface area contributed by atoms with Crippen molar-refractivity contribution in [1.82, 2.24) is 0 Å². The minimum Gasteiger partial charge on any atom is -0.160 e. The quantitative estimate of drug-likeness (QED) is 0.376. The fourth-order valence-electron chi connectivity index (χ4n) is 2.18. The Bertz CT molecular complexity index is 446. The molecule has 0 nitrogen and oxygen atoms in total. The summed E-state index contributed by atoms with van der Waals surface area (Å²) < 4.78 is 0. The Labute approximate surface area is 138 Å². The molecule has 0 aliphatic rings. The summed E-state index contributed by atoms with van der Waals surface area (Å²) in [6.07, 6.45) is 6.63. The van der Waals surface area contributed by atoms with Gasteiger partial charge in [0.1, 0.15) is 0 Å². The highest BCUT2D eigenvalue weighted by molar-refractivity contribution is 8.54. The van der Waals surface area contributed by atoms with E-state index in [1.807, 2.05) is 23.2 Å². The minimum atomic E-state index is 0.603. The molecule has 2 aromatic carbocycles. The largest absolute Gasteiger partial charge is 0.285 e. The van der Waals surface area contributed by atoms with Gasteiger partial charge >= 0.3 is 0 Å². The molecular weight excluding hydrogens is 291 g/mol. The molecule has 21 heavy (non-hydrogen) atoms. The molecule has 110 valence electrons. The summed E-state index contributed by atoms with van der Waals surface area (Å²) in [5.74, 6) is 0. The molecule has 0 aliphatic heterocycles. The molecule has 0 aliphatic carbocycles. The Hall–Kier alpha value is -0.795. The van der Waals surface area contributed by atoms with E-state index in [-0.39, 0.29) is 0 Å². The molecule has 0 fully saturated rings. The van der Waals surface area contributed by atoms with E-state index in [2.05, 4.69) is 67.6 Å². The predicted molar refractivity (Wildman–Crippen MR) is 99.3 cm³/mol. The van der Waals surface area contributed by atoms with E-state index in [0.717, 1.165) is 0 Å². The fourth-order valence-corrected chi connectivity index (χ4v) is 4.85. The van der Waals surface area contributed by atoms with Crippen molar-refractivity contribution in [2.24, 2.45) is 0 Å². The van der Waals surface area contributed by atoms with Gasteiger partial charge in [0.25, 0.3) is 5.27 Å². The predicted octanol–water partition coefficient (Wildman–Crippen LogP) is 6.64.